The highest BCUT2D eigenvalue weighted by atomic mass is 32.2. The molecule has 0 fully saturated rings. The van der Waals surface area contributed by atoms with E-state index in [0.29, 0.717) is 11.7 Å². The van der Waals surface area contributed by atoms with Crippen LogP contribution in [0.2, 0.25) is 0 Å². The third-order valence-electron chi connectivity index (χ3n) is 3.03. The lowest BCUT2D eigenvalue weighted by molar-refractivity contribution is -0.122. The highest BCUT2D eigenvalue weighted by molar-refractivity contribution is 8.14. The van der Waals surface area contributed by atoms with Crippen molar-refractivity contribution < 1.29 is 4.79 Å². The van der Waals surface area contributed by atoms with Gasteiger partial charge in [0.1, 0.15) is 0 Å². The Morgan fingerprint density at radius 1 is 1.43 bits per heavy atom. The smallest absolute Gasteiger partial charge is 0.238 e. The van der Waals surface area contributed by atoms with E-state index < -0.39 is 6.04 Å². The van der Waals surface area contributed by atoms with Gasteiger partial charge in [0.05, 0.1) is 6.04 Å². The molecule has 1 rings (SSSR count). The van der Waals surface area contributed by atoms with Crippen LogP contribution in [0.25, 0.3) is 0 Å². The van der Waals surface area contributed by atoms with Crippen molar-refractivity contribution in [2.75, 3.05) is 18.1 Å². The average Bonchev–Trinajstić information content (AvgIpc) is 2.43. The topological polar surface area (TPSA) is 67.2 Å². The highest BCUT2D eigenvalue weighted by Crippen LogP contribution is 2.12. The number of hydrogen-bond acceptors (Lipinski definition) is 3. The van der Waals surface area contributed by atoms with Crippen LogP contribution in [-0.2, 0) is 4.79 Å². The Hall–Kier alpha value is -1.07. The summed E-state index contributed by atoms with van der Waals surface area (Å²) < 4.78 is 0. The Kier molecular flexibility index (Phi) is 10.1. The zero-order chi connectivity index (χ0) is 16.4. The normalized spacial score (nSPS) is 29.1. The van der Waals surface area contributed by atoms with Gasteiger partial charge in [-0.15, -0.1) is 0 Å². The molecule has 0 aromatic rings. The Morgan fingerprint density at radius 2 is 2.05 bits per heavy atom. The molecule has 1 aliphatic rings. The van der Waals surface area contributed by atoms with Gasteiger partial charge in [0.15, 0.2) is 0 Å². The van der Waals surface area contributed by atoms with Crippen LogP contribution in [-0.4, -0.2) is 41.9 Å². The molecule has 0 radical (unpaired) electrons. The summed E-state index contributed by atoms with van der Waals surface area (Å²) in [6.07, 6.45) is 3.88. The monoisotopic (exact) mass is 313 g/mol. The molecule has 0 aromatic carbocycles. The maximum absolute atomic E-state index is 12.0. The number of carbonyl (C=O) groups excluding carboxylic acids is 1. The van der Waals surface area contributed by atoms with Crippen LogP contribution in [0.5, 0.6) is 0 Å². The van der Waals surface area contributed by atoms with Crippen molar-refractivity contribution in [3.63, 3.8) is 0 Å². The van der Waals surface area contributed by atoms with Gasteiger partial charge in [-0.1, -0.05) is 46.2 Å². The fourth-order valence-corrected chi connectivity index (χ4v) is 2.97. The standard InChI is InChI=1S/C14H25N3OS.C2H6/c1-10(2)13-6-5-11(3)16-7-8-19(4)9-12(15)14(18)17-13;1-2/h5-6,10,12-13,16H,3-4,7-9,15H2,1-2H3,(H,17,18);1-2H3/b6-5+;/t12-,13?,19?;/m0./s1. The molecule has 122 valence electrons. The van der Waals surface area contributed by atoms with Gasteiger partial charge in [0, 0.05) is 29.8 Å². The molecule has 0 saturated carbocycles. The molecule has 1 aliphatic heterocycles. The summed E-state index contributed by atoms with van der Waals surface area (Å²) in [5.41, 5.74) is 6.79. The minimum atomic E-state index is -0.474. The predicted molar refractivity (Wildman–Crippen MR) is 96.8 cm³/mol. The van der Waals surface area contributed by atoms with Gasteiger partial charge in [-0.05, 0) is 12.0 Å². The number of rotatable bonds is 1. The van der Waals surface area contributed by atoms with Crippen LogP contribution in [0.4, 0.5) is 0 Å². The van der Waals surface area contributed by atoms with Crippen LogP contribution in [0, 0.1) is 5.92 Å². The molecule has 0 saturated heterocycles. The second-order valence-electron chi connectivity index (χ2n) is 5.18. The number of nitrogens with two attached hydrogens (primary N) is 1. The molecule has 1 amide bonds. The van der Waals surface area contributed by atoms with Gasteiger partial charge in [0.2, 0.25) is 5.91 Å². The summed E-state index contributed by atoms with van der Waals surface area (Å²) in [6.45, 7) is 12.9. The van der Waals surface area contributed by atoms with E-state index in [-0.39, 0.29) is 22.4 Å². The van der Waals surface area contributed by atoms with E-state index in [9.17, 15) is 4.79 Å². The summed E-state index contributed by atoms with van der Waals surface area (Å²) in [4.78, 5) is 12.0. The van der Waals surface area contributed by atoms with E-state index in [0.717, 1.165) is 18.0 Å². The van der Waals surface area contributed by atoms with Gasteiger partial charge < -0.3 is 16.4 Å². The van der Waals surface area contributed by atoms with E-state index in [2.05, 4.69) is 36.9 Å². The lowest BCUT2D eigenvalue weighted by Gasteiger charge is -2.23. The number of allylic oxidation sites excluding steroid dienone is 1. The van der Waals surface area contributed by atoms with Crippen molar-refractivity contribution in [3.8, 4) is 0 Å². The lowest BCUT2D eigenvalue weighted by Crippen LogP contribution is -2.48. The molecule has 0 aromatic heterocycles. The van der Waals surface area contributed by atoms with Gasteiger partial charge in [-0.25, -0.2) is 0 Å². The molecule has 1 heterocycles. The first-order chi connectivity index (χ1) is 9.90. The van der Waals surface area contributed by atoms with Crippen molar-refractivity contribution >= 4 is 22.3 Å². The minimum Gasteiger partial charge on any atom is -0.385 e. The molecule has 0 spiro atoms. The van der Waals surface area contributed by atoms with E-state index >= 15 is 0 Å². The maximum atomic E-state index is 12.0. The maximum Gasteiger partial charge on any atom is 0.238 e. The zero-order valence-corrected chi connectivity index (χ0v) is 14.6. The third-order valence-corrected chi connectivity index (χ3v) is 4.64. The second-order valence-corrected chi connectivity index (χ2v) is 7.15. The van der Waals surface area contributed by atoms with Crippen molar-refractivity contribution in [1.82, 2.24) is 10.6 Å². The summed E-state index contributed by atoms with van der Waals surface area (Å²) in [6, 6.07) is -0.499. The largest absolute Gasteiger partial charge is 0.385 e. The first-order valence-electron chi connectivity index (χ1n) is 7.54. The Morgan fingerprint density at radius 3 is 2.62 bits per heavy atom. The number of hydrogen-bond donors (Lipinski definition) is 3. The van der Waals surface area contributed by atoms with Crippen LogP contribution in [0.3, 0.4) is 0 Å². The van der Waals surface area contributed by atoms with Crippen LogP contribution in [0.15, 0.2) is 24.4 Å². The van der Waals surface area contributed by atoms with Crippen molar-refractivity contribution in [1.29, 1.82) is 0 Å². The van der Waals surface area contributed by atoms with E-state index in [4.69, 9.17) is 5.73 Å². The van der Waals surface area contributed by atoms with Crippen molar-refractivity contribution in [2.45, 2.75) is 39.8 Å². The summed E-state index contributed by atoms with van der Waals surface area (Å²) in [7, 11) is -0.102. The zero-order valence-electron chi connectivity index (χ0n) is 13.8. The molecule has 4 nitrogen and oxygen atoms in total. The number of nitrogens with one attached hydrogen (secondary N) is 2. The Labute approximate surface area is 132 Å². The minimum absolute atomic E-state index is 0.0249. The van der Waals surface area contributed by atoms with Crippen LogP contribution in [0.1, 0.15) is 27.7 Å². The molecular formula is C16H31N3OS. The average molecular weight is 314 g/mol. The third kappa shape index (κ3) is 8.07. The van der Waals surface area contributed by atoms with Gasteiger partial charge in [-0.3, -0.25) is 4.79 Å². The number of amides is 1. The van der Waals surface area contributed by atoms with Gasteiger partial charge >= 0.3 is 0 Å². The van der Waals surface area contributed by atoms with Gasteiger partial charge in [-0.2, -0.15) is 10.5 Å². The molecule has 5 heteroatoms. The number of carbonyl (C=O) groups is 1. The summed E-state index contributed by atoms with van der Waals surface area (Å²) in [5.74, 6) is 5.82. The fourth-order valence-electron chi connectivity index (χ4n) is 1.76. The lowest BCUT2D eigenvalue weighted by atomic mass is 10.0. The fraction of sp³-hybridized carbons (Fsp3) is 0.625. The first kappa shape index (κ1) is 19.9. The SMILES string of the molecule is C=C1/C=C/C(C(C)C)NC(=O)[C@@H](N)CS(=C)CCN1.CC. The second kappa shape index (κ2) is 10.6. The van der Waals surface area contributed by atoms with Crippen LogP contribution < -0.4 is 16.4 Å². The predicted octanol–water partition coefficient (Wildman–Crippen LogP) is 1.85. The van der Waals surface area contributed by atoms with E-state index in [1.54, 1.807) is 0 Å². The van der Waals surface area contributed by atoms with E-state index in [1.807, 2.05) is 26.0 Å². The highest BCUT2D eigenvalue weighted by Gasteiger charge is 2.19. The van der Waals surface area contributed by atoms with Crippen molar-refractivity contribution in [3.05, 3.63) is 24.4 Å². The molecular weight excluding hydrogens is 282 g/mol. The summed E-state index contributed by atoms with van der Waals surface area (Å²) >= 11 is 0. The molecule has 4 N–H and O–H groups in total. The Balaban J connectivity index is 0.00000191. The molecule has 3 atom stereocenters. The molecule has 21 heavy (non-hydrogen) atoms. The van der Waals surface area contributed by atoms with E-state index in [1.165, 1.54) is 0 Å². The molecule has 0 aliphatic carbocycles. The molecule has 0 bridgehead atoms. The first-order valence-corrected chi connectivity index (χ1v) is 9.27. The van der Waals surface area contributed by atoms with Gasteiger partial charge in [0.25, 0.3) is 0 Å². The quantitative estimate of drug-likeness (QED) is 0.647. The van der Waals surface area contributed by atoms with Crippen molar-refractivity contribution in [2.24, 2.45) is 11.7 Å². The molecule has 2 unspecified atom stereocenters. The van der Waals surface area contributed by atoms with Crippen LogP contribution >= 0.6 is 10.5 Å². The Bertz CT molecular complexity index is 391. The summed E-state index contributed by atoms with van der Waals surface area (Å²) in [5, 5.41) is 6.23.